The predicted molar refractivity (Wildman–Crippen MR) is 94.4 cm³/mol. The lowest BCUT2D eigenvalue weighted by molar-refractivity contribution is -0.121. The molecule has 0 radical (unpaired) electrons. The van der Waals surface area contributed by atoms with Gasteiger partial charge in [0.05, 0.1) is 18.6 Å². The minimum Gasteiger partial charge on any atom is -0.382 e. The van der Waals surface area contributed by atoms with Crippen molar-refractivity contribution in [2.24, 2.45) is 5.73 Å². The third kappa shape index (κ3) is 3.61. The third-order valence-corrected chi connectivity index (χ3v) is 5.18. The van der Waals surface area contributed by atoms with Gasteiger partial charge < -0.3 is 20.3 Å². The molecule has 0 aromatic carbocycles. The number of nitrogens with zero attached hydrogens (tertiary/aromatic N) is 3. The lowest BCUT2D eigenvalue weighted by atomic mass is 9.92. The fraction of sp³-hybridized carbons (Fsp3) is 0.611. The molecule has 2 aliphatic heterocycles. The Labute approximate surface area is 148 Å². The normalized spacial score (nSPS) is 23.2. The average molecular weight is 346 g/mol. The number of carbonyl (C=O) groups is 2. The van der Waals surface area contributed by atoms with E-state index >= 15 is 0 Å². The van der Waals surface area contributed by atoms with Crippen LogP contribution < -0.4 is 10.6 Å². The van der Waals surface area contributed by atoms with Crippen molar-refractivity contribution >= 4 is 17.6 Å². The van der Waals surface area contributed by atoms with Gasteiger partial charge in [-0.05, 0) is 37.8 Å². The highest BCUT2D eigenvalue weighted by Crippen LogP contribution is 2.34. The second-order valence-corrected chi connectivity index (χ2v) is 6.96. The minimum absolute atomic E-state index is 0.0846. The van der Waals surface area contributed by atoms with Crippen molar-refractivity contribution in [1.82, 2.24) is 9.88 Å². The third-order valence-electron chi connectivity index (χ3n) is 5.18. The molecule has 2 fully saturated rings. The highest BCUT2D eigenvalue weighted by molar-refractivity contribution is 5.96. The second kappa shape index (κ2) is 7.39. The largest absolute Gasteiger partial charge is 0.382 e. The number of carbonyl (C=O) groups excluding carboxylic acids is 2. The van der Waals surface area contributed by atoms with Gasteiger partial charge in [0.2, 0.25) is 5.91 Å². The molecular formula is C18H26N4O3. The van der Waals surface area contributed by atoms with Gasteiger partial charge in [0.15, 0.2) is 0 Å². The maximum atomic E-state index is 13.2. The van der Waals surface area contributed by atoms with Crippen molar-refractivity contribution in [3.8, 4) is 0 Å². The Bertz CT molecular complexity index is 645. The summed E-state index contributed by atoms with van der Waals surface area (Å²) in [5, 5.41) is 0. The predicted octanol–water partition coefficient (Wildman–Crippen LogP) is 1.18. The molecule has 0 saturated carbocycles. The van der Waals surface area contributed by atoms with Gasteiger partial charge in [-0.1, -0.05) is 0 Å². The summed E-state index contributed by atoms with van der Waals surface area (Å²) in [5.74, 6) is 0.345. The van der Waals surface area contributed by atoms with Crippen LogP contribution in [0, 0.1) is 0 Å². The fourth-order valence-electron chi connectivity index (χ4n) is 4.06. The van der Waals surface area contributed by atoms with Gasteiger partial charge in [-0.25, -0.2) is 4.98 Å². The zero-order valence-electron chi connectivity index (χ0n) is 14.7. The number of ether oxygens (including phenoxy) is 1. The Morgan fingerprint density at radius 3 is 2.72 bits per heavy atom. The number of hydrogen-bond donors (Lipinski definition) is 1. The Kier molecular flexibility index (Phi) is 5.22. The summed E-state index contributed by atoms with van der Waals surface area (Å²) in [6.07, 6.45) is 5.68. The van der Waals surface area contributed by atoms with Crippen molar-refractivity contribution in [3.63, 3.8) is 0 Å². The van der Waals surface area contributed by atoms with Crippen molar-refractivity contribution in [2.75, 3.05) is 38.3 Å². The van der Waals surface area contributed by atoms with Crippen LogP contribution in [0.15, 0.2) is 18.3 Å². The first-order valence-corrected chi connectivity index (χ1v) is 8.86. The Balaban J connectivity index is 1.85. The first kappa shape index (κ1) is 17.7. The van der Waals surface area contributed by atoms with Crippen LogP contribution in [0.1, 0.15) is 42.5 Å². The van der Waals surface area contributed by atoms with E-state index in [1.165, 1.54) is 0 Å². The molecule has 2 saturated heterocycles. The highest BCUT2D eigenvalue weighted by atomic mass is 16.5. The number of amides is 2. The number of anilines is 1. The average Bonchev–Trinajstić information content (AvgIpc) is 3.24. The van der Waals surface area contributed by atoms with E-state index in [2.05, 4.69) is 9.88 Å². The lowest BCUT2D eigenvalue weighted by Crippen LogP contribution is -2.52. The summed E-state index contributed by atoms with van der Waals surface area (Å²) in [6.45, 7) is 2.87. The smallest absolute Gasteiger partial charge is 0.254 e. The second-order valence-electron chi connectivity index (χ2n) is 6.96. The fourth-order valence-corrected chi connectivity index (χ4v) is 4.06. The molecule has 0 spiro atoms. The summed E-state index contributed by atoms with van der Waals surface area (Å²) in [4.78, 5) is 33.1. The summed E-state index contributed by atoms with van der Waals surface area (Å²) in [5.41, 5.74) is 5.40. The quantitative estimate of drug-likeness (QED) is 0.835. The van der Waals surface area contributed by atoms with Crippen LogP contribution in [-0.4, -0.2) is 60.6 Å². The molecule has 1 aromatic heterocycles. The molecule has 136 valence electrons. The SMILES string of the molecule is COCC1(CC(N)=O)CCCN1C(=O)c1ccnc(N2CCCC2)c1. The van der Waals surface area contributed by atoms with Crippen LogP contribution in [0.4, 0.5) is 5.82 Å². The lowest BCUT2D eigenvalue weighted by Gasteiger charge is -2.37. The number of methoxy groups -OCH3 is 1. The van der Waals surface area contributed by atoms with Crippen molar-refractivity contribution < 1.29 is 14.3 Å². The van der Waals surface area contributed by atoms with E-state index in [4.69, 9.17) is 10.5 Å². The molecule has 0 bridgehead atoms. The molecule has 7 nitrogen and oxygen atoms in total. The van der Waals surface area contributed by atoms with Gasteiger partial charge in [0.1, 0.15) is 5.82 Å². The molecule has 2 aliphatic rings. The van der Waals surface area contributed by atoms with Crippen LogP contribution in [0.2, 0.25) is 0 Å². The Hall–Kier alpha value is -2.15. The van der Waals surface area contributed by atoms with Crippen molar-refractivity contribution in [1.29, 1.82) is 0 Å². The van der Waals surface area contributed by atoms with E-state index in [1.54, 1.807) is 24.3 Å². The number of likely N-dealkylation sites (tertiary alicyclic amines) is 1. The monoisotopic (exact) mass is 346 g/mol. The van der Waals surface area contributed by atoms with Gasteiger partial charge in [-0.3, -0.25) is 9.59 Å². The van der Waals surface area contributed by atoms with Gasteiger partial charge in [-0.2, -0.15) is 0 Å². The number of rotatable bonds is 6. The Morgan fingerprint density at radius 1 is 1.28 bits per heavy atom. The highest BCUT2D eigenvalue weighted by Gasteiger charge is 2.45. The molecule has 25 heavy (non-hydrogen) atoms. The molecule has 0 aliphatic carbocycles. The minimum atomic E-state index is -0.644. The van der Waals surface area contributed by atoms with Gasteiger partial charge >= 0.3 is 0 Å². The van der Waals surface area contributed by atoms with Crippen LogP contribution >= 0.6 is 0 Å². The van der Waals surface area contributed by atoms with Gasteiger partial charge in [0.25, 0.3) is 5.91 Å². The number of primary amides is 1. The molecule has 3 heterocycles. The number of aromatic nitrogens is 1. The maximum Gasteiger partial charge on any atom is 0.254 e. The van der Waals surface area contributed by atoms with Gasteiger partial charge in [0, 0.05) is 38.5 Å². The summed E-state index contributed by atoms with van der Waals surface area (Å²) in [6, 6.07) is 3.59. The van der Waals surface area contributed by atoms with E-state index < -0.39 is 11.4 Å². The first-order chi connectivity index (χ1) is 12.1. The Morgan fingerprint density at radius 2 is 2.04 bits per heavy atom. The standard InChI is InChI=1S/C18H26N4O3/c1-25-13-18(12-15(19)23)6-4-10-22(18)17(24)14-5-7-20-16(11-14)21-8-2-3-9-21/h5,7,11H,2-4,6,8-10,12-13H2,1H3,(H2,19,23). The number of nitrogens with two attached hydrogens (primary N) is 1. The zero-order valence-corrected chi connectivity index (χ0v) is 14.7. The summed E-state index contributed by atoms with van der Waals surface area (Å²) >= 11 is 0. The van der Waals surface area contributed by atoms with E-state index in [9.17, 15) is 9.59 Å². The molecule has 7 heteroatoms. The van der Waals surface area contributed by atoms with Gasteiger partial charge in [-0.15, -0.1) is 0 Å². The molecule has 1 aromatic rings. The first-order valence-electron chi connectivity index (χ1n) is 8.86. The van der Waals surface area contributed by atoms with E-state index in [1.807, 2.05) is 6.07 Å². The van der Waals surface area contributed by atoms with Crippen molar-refractivity contribution in [3.05, 3.63) is 23.9 Å². The molecule has 1 unspecified atom stereocenters. The van der Waals surface area contributed by atoms with Crippen LogP contribution in [-0.2, 0) is 9.53 Å². The maximum absolute atomic E-state index is 13.2. The molecular weight excluding hydrogens is 320 g/mol. The van der Waals surface area contributed by atoms with Crippen LogP contribution in [0.25, 0.3) is 0 Å². The number of hydrogen-bond acceptors (Lipinski definition) is 5. The number of pyridine rings is 1. The molecule has 2 N–H and O–H groups in total. The summed E-state index contributed by atoms with van der Waals surface area (Å²) < 4.78 is 5.33. The molecule has 2 amide bonds. The molecule has 3 rings (SSSR count). The van der Waals surface area contributed by atoms with E-state index in [0.717, 1.165) is 44.6 Å². The van der Waals surface area contributed by atoms with E-state index in [0.29, 0.717) is 18.7 Å². The van der Waals surface area contributed by atoms with E-state index in [-0.39, 0.29) is 12.3 Å². The van der Waals surface area contributed by atoms with Crippen LogP contribution in [0.5, 0.6) is 0 Å². The molecule has 1 atom stereocenters. The van der Waals surface area contributed by atoms with Crippen LogP contribution in [0.3, 0.4) is 0 Å². The summed E-state index contributed by atoms with van der Waals surface area (Å²) in [7, 11) is 1.58. The van der Waals surface area contributed by atoms with Crippen molar-refractivity contribution in [2.45, 2.75) is 37.6 Å². The topological polar surface area (TPSA) is 88.8 Å². The zero-order chi connectivity index (χ0) is 17.9.